The third-order valence-corrected chi connectivity index (χ3v) is 3.57. The number of rotatable bonds is 4. The summed E-state index contributed by atoms with van der Waals surface area (Å²) < 4.78 is 19.4. The Kier molecular flexibility index (Phi) is 4.57. The molecule has 0 heterocycles. The minimum Gasteiger partial charge on any atom is -0.488 e. The Hall–Kier alpha value is -2.08. The zero-order valence-corrected chi connectivity index (χ0v) is 12.0. The summed E-state index contributed by atoms with van der Waals surface area (Å²) in [7, 11) is 0. The van der Waals surface area contributed by atoms with Gasteiger partial charge in [-0.2, -0.15) is 0 Å². The molecular formula is C14H12BrFN2O2. The molecule has 20 heavy (non-hydrogen) atoms. The van der Waals surface area contributed by atoms with Crippen LogP contribution in [0.3, 0.4) is 0 Å². The molecule has 0 bridgehead atoms. The maximum absolute atomic E-state index is 13.4. The average Bonchev–Trinajstić information content (AvgIpc) is 2.48. The number of amidine groups is 1. The zero-order chi connectivity index (χ0) is 14.5. The molecule has 0 aromatic heterocycles. The number of hydrogen-bond acceptors (Lipinski definition) is 3. The Labute approximate surface area is 123 Å². The van der Waals surface area contributed by atoms with Crippen molar-refractivity contribution in [2.24, 2.45) is 10.9 Å². The van der Waals surface area contributed by atoms with Crippen molar-refractivity contribution in [3.63, 3.8) is 0 Å². The van der Waals surface area contributed by atoms with Gasteiger partial charge in [0.2, 0.25) is 0 Å². The predicted octanol–water partition coefficient (Wildman–Crippen LogP) is 3.26. The van der Waals surface area contributed by atoms with Gasteiger partial charge in [-0.3, -0.25) is 0 Å². The number of ether oxygens (including phenoxy) is 1. The topological polar surface area (TPSA) is 67.8 Å². The fourth-order valence-electron chi connectivity index (χ4n) is 1.67. The molecule has 6 heteroatoms. The van der Waals surface area contributed by atoms with Crippen LogP contribution in [0, 0.1) is 5.82 Å². The Bertz CT molecular complexity index is 647. The largest absolute Gasteiger partial charge is 0.488 e. The van der Waals surface area contributed by atoms with E-state index < -0.39 is 0 Å². The first-order chi connectivity index (χ1) is 9.63. The lowest BCUT2D eigenvalue weighted by Gasteiger charge is -2.11. The molecule has 2 rings (SSSR count). The molecule has 4 nitrogen and oxygen atoms in total. The monoisotopic (exact) mass is 338 g/mol. The first-order valence-corrected chi connectivity index (χ1v) is 6.55. The van der Waals surface area contributed by atoms with Gasteiger partial charge < -0.3 is 15.7 Å². The van der Waals surface area contributed by atoms with Gasteiger partial charge in [-0.15, -0.1) is 0 Å². The predicted molar refractivity (Wildman–Crippen MR) is 77.4 cm³/mol. The Balaban J connectivity index is 2.21. The number of hydrogen-bond donors (Lipinski definition) is 2. The Morgan fingerprint density at radius 2 is 2.00 bits per heavy atom. The lowest BCUT2D eigenvalue weighted by Crippen LogP contribution is -2.14. The molecule has 0 saturated heterocycles. The van der Waals surface area contributed by atoms with Crippen molar-refractivity contribution in [2.45, 2.75) is 6.61 Å². The van der Waals surface area contributed by atoms with E-state index in [2.05, 4.69) is 21.1 Å². The van der Waals surface area contributed by atoms with Crippen molar-refractivity contribution >= 4 is 21.8 Å². The summed E-state index contributed by atoms with van der Waals surface area (Å²) in [6, 6.07) is 11.6. The van der Waals surface area contributed by atoms with Crippen molar-refractivity contribution in [3.05, 3.63) is 63.9 Å². The van der Waals surface area contributed by atoms with E-state index in [4.69, 9.17) is 15.7 Å². The van der Waals surface area contributed by atoms with Crippen molar-refractivity contribution in [3.8, 4) is 5.75 Å². The fraction of sp³-hybridized carbons (Fsp3) is 0.0714. The lowest BCUT2D eigenvalue weighted by molar-refractivity contribution is 0.302. The molecule has 0 fully saturated rings. The summed E-state index contributed by atoms with van der Waals surface area (Å²) in [4.78, 5) is 0. The highest BCUT2D eigenvalue weighted by Gasteiger charge is 2.10. The molecule has 0 saturated carbocycles. The molecule has 0 spiro atoms. The van der Waals surface area contributed by atoms with Crippen molar-refractivity contribution in [1.29, 1.82) is 0 Å². The first-order valence-electron chi connectivity index (χ1n) is 5.76. The quantitative estimate of drug-likeness (QED) is 0.389. The van der Waals surface area contributed by atoms with Crippen LogP contribution in [0.5, 0.6) is 5.75 Å². The average molecular weight is 339 g/mol. The van der Waals surface area contributed by atoms with E-state index in [0.29, 0.717) is 21.3 Å². The number of nitrogens with two attached hydrogens (primary N) is 1. The highest BCUT2D eigenvalue weighted by atomic mass is 79.9. The normalized spacial score (nSPS) is 11.4. The summed E-state index contributed by atoms with van der Waals surface area (Å²) in [5.41, 5.74) is 6.71. The second-order valence-corrected chi connectivity index (χ2v) is 4.78. The van der Waals surface area contributed by atoms with Gasteiger partial charge in [0.25, 0.3) is 0 Å². The van der Waals surface area contributed by atoms with Crippen LogP contribution in [0.4, 0.5) is 4.39 Å². The van der Waals surface area contributed by atoms with E-state index in [0.717, 1.165) is 0 Å². The second-order valence-electron chi connectivity index (χ2n) is 3.98. The van der Waals surface area contributed by atoms with Gasteiger partial charge in [0.1, 0.15) is 18.2 Å². The van der Waals surface area contributed by atoms with Crippen LogP contribution in [0.25, 0.3) is 0 Å². The molecule has 0 unspecified atom stereocenters. The van der Waals surface area contributed by atoms with Gasteiger partial charge >= 0.3 is 0 Å². The molecule has 2 aromatic carbocycles. The second kappa shape index (κ2) is 6.38. The van der Waals surface area contributed by atoms with Gasteiger partial charge in [0.15, 0.2) is 5.84 Å². The molecule has 0 aliphatic carbocycles. The number of halogens is 2. The maximum atomic E-state index is 13.4. The van der Waals surface area contributed by atoms with Crippen molar-refractivity contribution in [1.82, 2.24) is 0 Å². The molecule has 0 aliphatic heterocycles. The van der Waals surface area contributed by atoms with Crippen LogP contribution in [0.15, 0.2) is 52.1 Å². The summed E-state index contributed by atoms with van der Waals surface area (Å²) >= 11 is 3.17. The molecular weight excluding hydrogens is 327 g/mol. The van der Waals surface area contributed by atoms with Gasteiger partial charge in [-0.05, 0) is 34.1 Å². The molecule has 0 atom stereocenters. The summed E-state index contributed by atoms with van der Waals surface area (Å²) in [6.45, 7) is 0.161. The Morgan fingerprint density at radius 1 is 1.25 bits per heavy atom. The number of para-hydroxylation sites is 1. The van der Waals surface area contributed by atoms with Crippen LogP contribution in [0.1, 0.15) is 11.1 Å². The maximum Gasteiger partial charge on any atom is 0.173 e. The van der Waals surface area contributed by atoms with Crippen LogP contribution in [-0.4, -0.2) is 11.0 Å². The smallest absolute Gasteiger partial charge is 0.173 e. The van der Waals surface area contributed by atoms with Gasteiger partial charge in [0, 0.05) is 5.56 Å². The number of oxime groups is 1. The zero-order valence-electron chi connectivity index (χ0n) is 10.4. The van der Waals surface area contributed by atoms with Crippen LogP contribution in [-0.2, 0) is 6.61 Å². The van der Waals surface area contributed by atoms with E-state index in [1.54, 1.807) is 36.4 Å². The fourth-order valence-corrected chi connectivity index (χ4v) is 2.05. The standard InChI is InChI=1S/C14H12BrFN2O2/c15-13-9(4-3-6-11(13)16)8-20-12-7-2-1-5-10(12)14(17)18-19/h1-7,19H,8H2,(H2,17,18). The summed E-state index contributed by atoms with van der Waals surface area (Å²) in [6.07, 6.45) is 0. The highest BCUT2D eigenvalue weighted by molar-refractivity contribution is 9.10. The third-order valence-electron chi connectivity index (χ3n) is 2.69. The van der Waals surface area contributed by atoms with Gasteiger partial charge in [0.05, 0.1) is 10.0 Å². The molecule has 3 N–H and O–H groups in total. The molecule has 0 aliphatic rings. The van der Waals surface area contributed by atoms with E-state index in [1.807, 2.05) is 0 Å². The highest BCUT2D eigenvalue weighted by Crippen LogP contribution is 2.24. The van der Waals surface area contributed by atoms with Crippen molar-refractivity contribution < 1.29 is 14.3 Å². The van der Waals surface area contributed by atoms with E-state index in [1.165, 1.54) is 6.07 Å². The minimum atomic E-state index is -0.351. The van der Waals surface area contributed by atoms with Crippen LogP contribution in [0.2, 0.25) is 0 Å². The van der Waals surface area contributed by atoms with Crippen LogP contribution < -0.4 is 10.5 Å². The lowest BCUT2D eigenvalue weighted by atomic mass is 10.2. The summed E-state index contributed by atoms with van der Waals surface area (Å²) in [5, 5.41) is 11.7. The molecule has 0 amide bonds. The first kappa shape index (κ1) is 14.3. The molecule has 0 radical (unpaired) electrons. The van der Waals surface area contributed by atoms with E-state index in [-0.39, 0.29) is 18.3 Å². The summed E-state index contributed by atoms with van der Waals surface area (Å²) in [5.74, 6) is 0.0636. The number of benzene rings is 2. The number of nitrogens with zero attached hydrogens (tertiary/aromatic N) is 1. The van der Waals surface area contributed by atoms with Crippen molar-refractivity contribution in [2.75, 3.05) is 0 Å². The Morgan fingerprint density at radius 3 is 2.75 bits per heavy atom. The van der Waals surface area contributed by atoms with E-state index in [9.17, 15) is 4.39 Å². The third kappa shape index (κ3) is 3.08. The molecule has 104 valence electrons. The minimum absolute atomic E-state index is 0.0427. The molecule has 2 aromatic rings. The van der Waals surface area contributed by atoms with Gasteiger partial charge in [-0.25, -0.2) is 4.39 Å². The van der Waals surface area contributed by atoms with Crippen LogP contribution >= 0.6 is 15.9 Å². The van der Waals surface area contributed by atoms with E-state index >= 15 is 0 Å². The SMILES string of the molecule is N/C(=N/O)c1ccccc1OCc1cccc(F)c1Br. The van der Waals surface area contributed by atoms with Gasteiger partial charge in [-0.1, -0.05) is 29.4 Å².